The zero-order chi connectivity index (χ0) is 16.0. The summed E-state index contributed by atoms with van der Waals surface area (Å²) in [5.41, 5.74) is 4.84. The highest BCUT2D eigenvalue weighted by Crippen LogP contribution is 2.49. The molecule has 2 heterocycles. The number of H-pyrrole nitrogens is 1. The van der Waals surface area contributed by atoms with E-state index in [2.05, 4.69) is 48.0 Å². The van der Waals surface area contributed by atoms with Gasteiger partial charge in [0.05, 0.1) is 0 Å². The largest absolute Gasteiger partial charge is 0.356 e. The topological polar surface area (TPSA) is 36.1 Å². The lowest BCUT2D eigenvalue weighted by Gasteiger charge is -2.43. The molecule has 0 saturated heterocycles. The molecule has 1 aliphatic heterocycles. The summed E-state index contributed by atoms with van der Waals surface area (Å²) < 4.78 is 0. The molecule has 23 heavy (non-hydrogen) atoms. The van der Waals surface area contributed by atoms with Crippen LogP contribution in [0.25, 0.3) is 10.9 Å². The minimum Gasteiger partial charge on any atom is -0.356 e. The number of amides is 1. The minimum atomic E-state index is -0.237. The normalized spacial score (nSPS) is 23.7. The summed E-state index contributed by atoms with van der Waals surface area (Å²) in [6.07, 6.45) is 7.30. The number of nitrogens with one attached hydrogen (secondary N) is 1. The van der Waals surface area contributed by atoms with Crippen molar-refractivity contribution in [3.05, 3.63) is 47.2 Å². The van der Waals surface area contributed by atoms with Crippen LogP contribution in [0.2, 0.25) is 0 Å². The van der Waals surface area contributed by atoms with Gasteiger partial charge in [-0.1, -0.05) is 31.5 Å². The fourth-order valence-corrected chi connectivity index (χ4v) is 4.52. The van der Waals surface area contributed by atoms with Crippen molar-refractivity contribution >= 4 is 16.8 Å². The Balaban J connectivity index is 1.91. The molecule has 3 nitrogen and oxygen atoms in total. The van der Waals surface area contributed by atoms with Gasteiger partial charge in [-0.3, -0.25) is 4.79 Å². The van der Waals surface area contributed by atoms with E-state index >= 15 is 0 Å². The molecule has 1 atom stereocenters. The minimum absolute atomic E-state index is 0.183. The van der Waals surface area contributed by atoms with E-state index < -0.39 is 0 Å². The number of rotatable bonds is 3. The fourth-order valence-electron chi connectivity index (χ4n) is 4.52. The molecule has 1 aromatic carbocycles. The number of carbonyl (C=O) groups is 1. The fraction of sp³-hybridized carbons (Fsp3) is 0.450. The summed E-state index contributed by atoms with van der Waals surface area (Å²) >= 11 is 0. The van der Waals surface area contributed by atoms with Gasteiger partial charge >= 0.3 is 0 Å². The Hall–Kier alpha value is -2.03. The first-order valence-corrected chi connectivity index (χ1v) is 8.79. The highest BCUT2D eigenvalue weighted by molar-refractivity contribution is 5.94. The summed E-state index contributed by atoms with van der Waals surface area (Å²) in [5, 5.41) is 1.32. The van der Waals surface area contributed by atoms with Gasteiger partial charge in [0.25, 0.3) is 0 Å². The molecule has 120 valence electrons. The zero-order valence-corrected chi connectivity index (χ0v) is 14.0. The summed E-state index contributed by atoms with van der Waals surface area (Å²) in [4.78, 5) is 18.4. The van der Waals surface area contributed by atoms with Crippen LogP contribution in [0, 0.1) is 0 Å². The van der Waals surface area contributed by atoms with Crippen molar-refractivity contribution in [2.24, 2.45) is 0 Å². The lowest BCUT2D eigenvalue weighted by Crippen LogP contribution is -2.48. The Morgan fingerprint density at radius 3 is 2.96 bits per heavy atom. The zero-order valence-electron chi connectivity index (χ0n) is 14.0. The number of benzene rings is 1. The summed E-state index contributed by atoms with van der Waals surface area (Å²) in [5.74, 6) is 0.183. The van der Waals surface area contributed by atoms with Crippen molar-refractivity contribution in [3.63, 3.8) is 0 Å². The number of aromatic nitrogens is 1. The van der Waals surface area contributed by atoms with E-state index in [1.165, 1.54) is 27.7 Å². The van der Waals surface area contributed by atoms with Crippen molar-refractivity contribution in [1.29, 1.82) is 0 Å². The maximum absolute atomic E-state index is 12.6. The van der Waals surface area contributed by atoms with E-state index in [0.717, 1.165) is 38.6 Å². The van der Waals surface area contributed by atoms with Crippen LogP contribution in [-0.2, 0) is 16.8 Å². The first-order chi connectivity index (χ1) is 11.2. The standard InChI is InChI=1S/C20H24N2O/c1-3-4-12-22-18(23)13-14(2)20(22)11-7-9-16-15-8-5-6-10-17(15)21-19(16)20/h5-6,8,10,13,21H,3-4,7,9,11-12H2,1-2H3/t20-/m0/s1. The van der Waals surface area contributed by atoms with Crippen LogP contribution in [0.4, 0.5) is 0 Å². The maximum atomic E-state index is 12.6. The van der Waals surface area contributed by atoms with E-state index in [1.807, 2.05) is 6.08 Å². The number of unbranched alkanes of at least 4 members (excludes halogenated alkanes) is 1. The van der Waals surface area contributed by atoms with Crippen molar-refractivity contribution in [2.45, 2.75) is 51.5 Å². The Morgan fingerprint density at radius 2 is 2.13 bits per heavy atom. The van der Waals surface area contributed by atoms with Gasteiger partial charge in [-0.05, 0) is 49.8 Å². The molecule has 0 bridgehead atoms. The van der Waals surface area contributed by atoms with Gasteiger partial charge < -0.3 is 9.88 Å². The van der Waals surface area contributed by atoms with Gasteiger partial charge in [-0.25, -0.2) is 0 Å². The van der Waals surface area contributed by atoms with Crippen LogP contribution in [0.1, 0.15) is 50.8 Å². The highest BCUT2D eigenvalue weighted by atomic mass is 16.2. The number of para-hydroxylation sites is 1. The average Bonchev–Trinajstić information content (AvgIpc) is 3.04. The number of hydrogen-bond acceptors (Lipinski definition) is 1. The Bertz CT molecular complexity index is 801. The number of fused-ring (bicyclic) bond motifs is 4. The van der Waals surface area contributed by atoms with Gasteiger partial charge in [0.2, 0.25) is 5.91 Å². The molecule has 0 fully saturated rings. The predicted octanol–water partition coefficient (Wildman–Crippen LogP) is 4.29. The summed E-state index contributed by atoms with van der Waals surface area (Å²) in [7, 11) is 0. The van der Waals surface area contributed by atoms with Crippen LogP contribution in [0.3, 0.4) is 0 Å². The van der Waals surface area contributed by atoms with Crippen LogP contribution in [0.5, 0.6) is 0 Å². The smallest absolute Gasteiger partial charge is 0.247 e. The van der Waals surface area contributed by atoms with Crippen LogP contribution >= 0.6 is 0 Å². The van der Waals surface area contributed by atoms with E-state index in [1.54, 1.807) is 0 Å². The van der Waals surface area contributed by atoms with Gasteiger partial charge in [-0.2, -0.15) is 0 Å². The van der Waals surface area contributed by atoms with Crippen molar-refractivity contribution in [3.8, 4) is 0 Å². The SMILES string of the molecule is CCCCN1C(=O)C=C(C)[C@]12CCCc1c2[nH]c2ccccc12. The molecule has 1 aromatic heterocycles. The Labute approximate surface area is 137 Å². The van der Waals surface area contributed by atoms with Gasteiger partial charge in [0, 0.05) is 29.2 Å². The molecule has 0 radical (unpaired) electrons. The number of carbonyl (C=O) groups excluding carboxylic acids is 1. The predicted molar refractivity (Wildman–Crippen MR) is 93.3 cm³/mol. The summed E-state index contributed by atoms with van der Waals surface area (Å²) in [6, 6.07) is 8.53. The van der Waals surface area contributed by atoms with E-state index in [9.17, 15) is 4.79 Å². The molecule has 1 spiro atoms. The summed E-state index contributed by atoms with van der Waals surface area (Å²) in [6.45, 7) is 5.16. The van der Waals surface area contributed by atoms with E-state index in [0.29, 0.717) is 0 Å². The molecule has 0 unspecified atom stereocenters. The molecule has 2 aromatic rings. The van der Waals surface area contributed by atoms with Gasteiger partial charge in [-0.15, -0.1) is 0 Å². The molecule has 1 aliphatic carbocycles. The van der Waals surface area contributed by atoms with Crippen molar-refractivity contribution < 1.29 is 4.79 Å². The molecule has 2 aliphatic rings. The monoisotopic (exact) mass is 308 g/mol. The van der Waals surface area contributed by atoms with Crippen molar-refractivity contribution in [1.82, 2.24) is 9.88 Å². The third-order valence-corrected chi connectivity index (χ3v) is 5.65. The molecular formula is C20H24N2O. The van der Waals surface area contributed by atoms with E-state index in [-0.39, 0.29) is 11.4 Å². The number of aryl methyl sites for hydroxylation is 1. The maximum Gasteiger partial charge on any atom is 0.247 e. The molecule has 1 amide bonds. The van der Waals surface area contributed by atoms with Crippen LogP contribution in [-0.4, -0.2) is 22.3 Å². The molecule has 3 heteroatoms. The Morgan fingerprint density at radius 1 is 1.30 bits per heavy atom. The Kier molecular flexibility index (Phi) is 3.33. The lowest BCUT2D eigenvalue weighted by atomic mass is 9.76. The number of hydrogen-bond donors (Lipinski definition) is 1. The molecule has 0 saturated carbocycles. The van der Waals surface area contributed by atoms with Crippen molar-refractivity contribution in [2.75, 3.05) is 6.54 Å². The number of nitrogens with zero attached hydrogens (tertiary/aromatic N) is 1. The third kappa shape index (κ3) is 1.92. The molecule has 1 N–H and O–H groups in total. The highest BCUT2D eigenvalue weighted by Gasteiger charge is 2.50. The van der Waals surface area contributed by atoms with Crippen LogP contribution in [0.15, 0.2) is 35.9 Å². The molecular weight excluding hydrogens is 284 g/mol. The second kappa shape index (κ2) is 5.26. The average molecular weight is 308 g/mol. The van der Waals surface area contributed by atoms with Gasteiger partial charge in [0.1, 0.15) is 5.54 Å². The third-order valence-electron chi connectivity index (χ3n) is 5.65. The molecule has 4 rings (SSSR count). The quantitative estimate of drug-likeness (QED) is 0.902. The second-order valence-corrected chi connectivity index (χ2v) is 6.91. The first kappa shape index (κ1) is 14.6. The lowest BCUT2D eigenvalue weighted by molar-refractivity contribution is -0.129. The first-order valence-electron chi connectivity index (χ1n) is 8.79. The van der Waals surface area contributed by atoms with E-state index in [4.69, 9.17) is 0 Å². The van der Waals surface area contributed by atoms with Crippen LogP contribution < -0.4 is 0 Å². The second-order valence-electron chi connectivity index (χ2n) is 6.91. The number of aromatic amines is 1. The van der Waals surface area contributed by atoms with Gasteiger partial charge in [0.15, 0.2) is 0 Å².